The summed E-state index contributed by atoms with van der Waals surface area (Å²) in [5, 5.41) is 3.07. The van der Waals surface area contributed by atoms with E-state index in [9.17, 15) is 17.6 Å². The van der Waals surface area contributed by atoms with Gasteiger partial charge in [0.15, 0.2) is 11.6 Å². The molecule has 0 radical (unpaired) electrons. The van der Waals surface area contributed by atoms with Crippen LogP contribution in [-0.4, -0.2) is 31.4 Å². The van der Waals surface area contributed by atoms with Crippen molar-refractivity contribution >= 4 is 26.8 Å². The Bertz CT molecular complexity index is 1050. The lowest BCUT2D eigenvalue weighted by molar-refractivity contribution is -0.119. The third-order valence-electron chi connectivity index (χ3n) is 3.74. The van der Waals surface area contributed by atoms with Gasteiger partial charge in [0, 0.05) is 24.6 Å². The van der Waals surface area contributed by atoms with Crippen LogP contribution in [0, 0.1) is 5.82 Å². The first-order chi connectivity index (χ1) is 12.4. The van der Waals surface area contributed by atoms with E-state index in [0.717, 1.165) is 10.0 Å². The minimum absolute atomic E-state index is 0.00212. The summed E-state index contributed by atoms with van der Waals surface area (Å²) >= 11 is 0. The summed E-state index contributed by atoms with van der Waals surface area (Å²) in [6.07, 6.45) is 1.38. The van der Waals surface area contributed by atoms with Crippen molar-refractivity contribution in [2.75, 3.05) is 13.2 Å². The largest absolute Gasteiger partial charge is 0.489 e. The Hall–Kier alpha value is -2.87. The zero-order valence-electron chi connectivity index (χ0n) is 14.0. The molecule has 0 atom stereocenters. The Morgan fingerprint density at radius 3 is 2.62 bits per heavy atom. The molecule has 2 aromatic carbocycles. The monoisotopic (exact) mass is 376 g/mol. The molecule has 0 bridgehead atoms. The van der Waals surface area contributed by atoms with Crippen molar-refractivity contribution in [3.63, 3.8) is 0 Å². The summed E-state index contributed by atoms with van der Waals surface area (Å²) in [4.78, 5) is 10.9. The number of fused-ring (bicyclic) bond motifs is 1. The van der Waals surface area contributed by atoms with Crippen LogP contribution in [0.15, 0.2) is 59.6 Å². The van der Waals surface area contributed by atoms with E-state index in [1.54, 1.807) is 24.3 Å². The number of benzene rings is 2. The van der Waals surface area contributed by atoms with Gasteiger partial charge in [0.05, 0.1) is 17.0 Å². The fraction of sp³-hybridized carbons (Fsp3) is 0.167. The van der Waals surface area contributed by atoms with E-state index in [-0.39, 0.29) is 35.2 Å². The van der Waals surface area contributed by atoms with Crippen molar-refractivity contribution in [2.24, 2.45) is 0 Å². The summed E-state index contributed by atoms with van der Waals surface area (Å²) in [5.74, 6) is -0.881. The van der Waals surface area contributed by atoms with Crippen molar-refractivity contribution in [3.8, 4) is 5.75 Å². The number of ether oxygens (including phenoxy) is 1. The molecule has 1 heterocycles. The Balaban J connectivity index is 1.91. The molecule has 0 aliphatic rings. The number of nitrogens with one attached hydrogen (secondary N) is 1. The highest BCUT2D eigenvalue weighted by Crippen LogP contribution is 2.28. The van der Waals surface area contributed by atoms with Crippen LogP contribution in [0.4, 0.5) is 4.39 Å². The second kappa shape index (κ2) is 7.17. The lowest BCUT2D eigenvalue weighted by atomic mass is 10.2. The molecule has 1 amide bonds. The average Bonchev–Trinajstić information content (AvgIpc) is 3.02. The number of aromatic nitrogens is 1. The van der Waals surface area contributed by atoms with E-state index in [4.69, 9.17) is 4.74 Å². The number of halogens is 1. The first kappa shape index (κ1) is 17.9. The van der Waals surface area contributed by atoms with Crippen LogP contribution in [-0.2, 0) is 14.8 Å². The lowest BCUT2D eigenvalue weighted by Crippen LogP contribution is -2.25. The van der Waals surface area contributed by atoms with E-state index >= 15 is 0 Å². The van der Waals surface area contributed by atoms with Gasteiger partial charge in [-0.2, -0.15) is 0 Å². The lowest BCUT2D eigenvalue weighted by Gasteiger charge is -2.10. The molecular weight excluding hydrogens is 359 g/mol. The Kier molecular flexibility index (Phi) is 4.94. The maximum Gasteiger partial charge on any atom is 0.268 e. The third kappa shape index (κ3) is 3.55. The zero-order valence-corrected chi connectivity index (χ0v) is 14.8. The molecule has 0 saturated carbocycles. The molecule has 1 aromatic heterocycles. The molecule has 26 heavy (non-hydrogen) atoms. The number of amides is 1. The molecule has 1 N–H and O–H groups in total. The van der Waals surface area contributed by atoms with Gasteiger partial charge in [0.25, 0.3) is 10.0 Å². The Morgan fingerprint density at radius 1 is 1.19 bits per heavy atom. The number of carbonyl (C=O) groups is 1. The van der Waals surface area contributed by atoms with Crippen molar-refractivity contribution in [2.45, 2.75) is 11.8 Å². The maximum absolute atomic E-state index is 14.3. The molecule has 0 saturated heterocycles. The first-order valence-corrected chi connectivity index (χ1v) is 9.32. The minimum Gasteiger partial charge on any atom is -0.489 e. The fourth-order valence-electron chi connectivity index (χ4n) is 2.53. The second-order valence-corrected chi connectivity index (χ2v) is 7.42. The molecule has 0 aliphatic carbocycles. The highest BCUT2D eigenvalue weighted by atomic mass is 32.2. The quantitative estimate of drug-likeness (QED) is 0.671. The molecular formula is C18H17FN2O4S. The molecule has 0 spiro atoms. The molecule has 0 fully saturated rings. The van der Waals surface area contributed by atoms with Gasteiger partial charge in [0.2, 0.25) is 5.91 Å². The molecule has 6 nitrogen and oxygen atoms in total. The van der Waals surface area contributed by atoms with Crippen LogP contribution in [0.25, 0.3) is 10.9 Å². The second-order valence-electron chi connectivity index (χ2n) is 5.60. The van der Waals surface area contributed by atoms with Crippen LogP contribution < -0.4 is 10.1 Å². The summed E-state index contributed by atoms with van der Waals surface area (Å²) in [7, 11) is -3.82. The molecule has 8 heteroatoms. The normalized spacial score (nSPS) is 11.5. The summed E-state index contributed by atoms with van der Waals surface area (Å²) in [5.41, 5.74) is 0.223. The standard InChI is InChI=1S/C18H17FN2O4S/c1-13(22)20-8-10-25-18-11-14-7-9-21(17(14)12-16(18)19)26(23,24)15-5-3-2-4-6-15/h2-7,9,11-12H,8,10H2,1H3,(H,20,22). The molecule has 136 valence electrons. The highest BCUT2D eigenvalue weighted by molar-refractivity contribution is 7.90. The zero-order chi connectivity index (χ0) is 18.7. The molecule has 0 unspecified atom stereocenters. The van der Waals surface area contributed by atoms with Gasteiger partial charge < -0.3 is 10.1 Å². The fourth-order valence-corrected chi connectivity index (χ4v) is 3.89. The van der Waals surface area contributed by atoms with Gasteiger partial charge in [-0.1, -0.05) is 18.2 Å². The van der Waals surface area contributed by atoms with Crippen LogP contribution in [0.3, 0.4) is 0 Å². The van der Waals surface area contributed by atoms with Crippen molar-refractivity contribution in [1.82, 2.24) is 9.29 Å². The first-order valence-electron chi connectivity index (χ1n) is 7.88. The summed E-state index contributed by atoms with van der Waals surface area (Å²) in [6.45, 7) is 1.73. The van der Waals surface area contributed by atoms with Crippen LogP contribution >= 0.6 is 0 Å². The number of hydrogen-bond donors (Lipinski definition) is 1. The maximum atomic E-state index is 14.3. The SMILES string of the molecule is CC(=O)NCCOc1cc2ccn(S(=O)(=O)c3ccccc3)c2cc1F. The Labute approximate surface area is 150 Å². The van der Waals surface area contributed by atoms with Gasteiger partial charge in [-0.3, -0.25) is 4.79 Å². The molecule has 0 aliphatic heterocycles. The van der Waals surface area contributed by atoms with E-state index in [1.807, 2.05) is 0 Å². The van der Waals surface area contributed by atoms with Gasteiger partial charge in [-0.05, 0) is 24.3 Å². The van der Waals surface area contributed by atoms with Crippen LogP contribution in [0.5, 0.6) is 5.75 Å². The number of carbonyl (C=O) groups excluding carboxylic acids is 1. The van der Waals surface area contributed by atoms with Crippen LogP contribution in [0.1, 0.15) is 6.92 Å². The number of rotatable bonds is 6. The van der Waals surface area contributed by atoms with E-state index in [1.165, 1.54) is 31.3 Å². The summed E-state index contributed by atoms with van der Waals surface area (Å²) in [6, 6.07) is 12.1. The minimum atomic E-state index is -3.82. The average molecular weight is 376 g/mol. The van der Waals surface area contributed by atoms with Gasteiger partial charge >= 0.3 is 0 Å². The van der Waals surface area contributed by atoms with Crippen molar-refractivity contribution in [1.29, 1.82) is 0 Å². The van der Waals surface area contributed by atoms with E-state index in [2.05, 4.69) is 5.32 Å². The summed E-state index contributed by atoms with van der Waals surface area (Å²) < 4.78 is 46.2. The van der Waals surface area contributed by atoms with E-state index < -0.39 is 15.8 Å². The topological polar surface area (TPSA) is 77.4 Å². The van der Waals surface area contributed by atoms with Gasteiger partial charge in [-0.25, -0.2) is 16.8 Å². The number of nitrogens with zero attached hydrogens (tertiary/aromatic N) is 1. The van der Waals surface area contributed by atoms with Crippen LogP contribution in [0.2, 0.25) is 0 Å². The van der Waals surface area contributed by atoms with Crippen molar-refractivity contribution in [3.05, 3.63) is 60.5 Å². The molecule has 3 aromatic rings. The van der Waals surface area contributed by atoms with Gasteiger partial charge in [-0.15, -0.1) is 0 Å². The Morgan fingerprint density at radius 2 is 1.92 bits per heavy atom. The predicted octanol–water partition coefficient (Wildman–Crippen LogP) is 2.53. The number of hydrogen-bond acceptors (Lipinski definition) is 4. The van der Waals surface area contributed by atoms with Gasteiger partial charge in [0.1, 0.15) is 6.61 Å². The van der Waals surface area contributed by atoms with E-state index in [0.29, 0.717) is 5.39 Å². The van der Waals surface area contributed by atoms with Crippen molar-refractivity contribution < 1.29 is 22.3 Å². The molecule has 3 rings (SSSR count). The highest BCUT2D eigenvalue weighted by Gasteiger charge is 2.20. The smallest absolute Gasteiger partial charge is 0.268 e. The third-order valence-corrected chi connectivity index (χ3v) is 5.45. The predicted molar refractivity (Wildman–Crippen MR) is 95.1 cm³/mol.